The number of carbonyl (C=O) groups is 1. The van der Waals surface area contributed by atoms with E-state index in [0.29, 0.717) is 12.0 Å². The fraction of sp³-hybridized carbons (Fsp3) is 0.952. The molecule has 0 aromatic rings. The second kappa shape index (κ2) is 9.93. The SMILES string of the molecule is CC(C)CNC(CN1CCN(C(=O)OC(C)(C)C)CC1)C1CCCCC1. The van der Waals surface area contributed by atoms with E-state index >= 15 is 0 Å². The summed E-state index contributed by atoms with van der Waals surface area (Å²) >= 11 is 0. The molecule has 1 aliphatic heterocycles. The van der Waals surface area contributed by atoms with Gasteiger partial charge in [-0.25, -0.2) is 4.79 Å². The van der Waals surface area contributed by atoms with Gasteiger partial charge in [-0.05, 0) is 52.0 Å². The van der Waals surface area contributed by atoms with E-state index in [9.17, 15) is 4.79 Å². The van der Waals surface area contributed by atoms with Crippen molar-refractivity contribution in [1.82, 2.24) is 15.1 Å². The molecule has 2 fully saturated rings. The summed E-state index contributed by atoms with van der Waals surface area (Å²) in [6, 6.07) is 0.589. The van der Waals surface area contributed by atoms with E-state index in [0.717, 1.165) is 45.2 Å². The van der Waals surface area contributed by atoms with Gasteiger partial charge >= 0.3 is 6.09 Å². The van der Waals surface area contributed by atoms with Crippen molar-refractivity contribution in [1.29, 1.82) is 0 Å². The smallest absolute Gasteiger partial charge is 0.410 e. The van der Waals surface area contributed by atoms with Crippen LogP contribution < -0.4 is 5.32 Å². The van der Waals surface area contributed by atoms with Gasteiger partial charge in [0.15, 0.2) is 0 Å². The maximum Gasteiger partial charge on any atom is 0.410 e. The van der Waals surface area contributed by atoms with Crippen molar-refractivity contribution in [2.24, 2.45) is 11.8 Å². The average Bonchev–Trinajstić information content (AvgIpc) is 2.58. The maximum atomic E-state index is 12.2. The molecule has 0 spiro atoms. The van der Waals surface area contributed by atoms with Gasteiger partial charge in [0, 0.05) is 38.8 Å². The number of rotatable bonds is 6. The molecule has 0 aromatic heterocycles. The fourth-order valence-electron chi connectivity index (χ4n) is 4.02. The number of ether oxygens (including phenoxy) is 1. The molecule has 0 radical (unpaired) electrons. The Balaban J connectivity index is 1.82. The van der Waals surface area contributed by atoms with Crippen LogP contribution in [0.15, 0.2) is 0 Å². The molecule has 1 heterocycles. The monoisotopic (exact) mass is 367 g/mol. The van der Waals surface area contributed by atoms with E-state index in [1.165, 1.54) is 32.1 Å². The Morgan fingerprint density at radius 2 is 1.69 bits per heavy atom. The molecular formula is C21H41N3O2. The lowest BCUT2D eigenvalue weighted by Crippen LogP contribution is -2.54. The molecule has 5 nitrogen and oxygen atoms in total. The molecule has 1 unspecified atom stereocenters. The minimum atomic E-state index is -0.416. The lowest BCUT2D eigenvalue weighted by molar-refractivity contribution is 0.0129. The van der Waals surface area contributed by atoms with Gasteiger partial charge in [0.25, 0.3) is 0 Å². The number of hydrogen-bond donors (Lipinski definition) is 1. The molecule has 1 aliphatic carbocycles. The zero-order valence-electron chi connectivity index (χ0n) is 17.7. The first kappa shape index (κ1) is 21.5. The Labute approximate surface area is 160 Å². The van der Waals surface area contributed by atoms with Crippen LogP contribution in [0.2, 0.25) is 0 Å². The first-order valence-electron chi connectivity index (χ1n) is 10.7. The third-order valence-electron chi connectivity index (χ3n) is 5.49. The van der Waals surface area contributed by atoms with Gasteiger partial charge in [0.1, 0.15) is 5.60 Å². The summed E-state index contributed by atoms with van der Waals surface area (Å²) in [6.45, 7) is 16.0. The normalized spacial score (nSPS) is 21.8. The van der Waals surface area contributed by atoms with Crippen LogP contribution in [0.4, 0.5) is 4.79 Å². The van der Waals surface area contributed by atoms with E-state index in [1.807, 2.05) is 25.7 Å². The largest absolute Gasteiger partial charge is 0.444 e. The van der Waals surface area contributed by atoms with Crippen molar-refractivity contribution in [2.75, 3.05) is 39.3 Å². The van der Waals surface area contributed by atoms with Crippen LogP contribution in [0.5, 0.6) is 0 Å². The predicted octanol–water partition coefficient (Wildman–Crippen LogP) is 3.73. The van der Waals surface area contributed by atoms with E-state index in [1.54, 1.807) is 0 Å². The van der Waals surface area contributed by atoms with E-state index in [2.05, 4.69) is 24.1 Å². The maximum absolute atomic E-state index is 12.2. The number of piperazine rings is 1. The van der Waals surface area contributed by atoms with Gasteiger partial charge in [-0.1, -0.05) is 33.1 Å². The third kappa shape index (κ3) is 7.43. The van der Waals surface area contributed by atoms with Gasteiger partial charge in [-0.2, -0.15) is 0 Å². The summed E-state index contributed by atoms with van der Waals surface area (Å²) < 4.78 is 5.51. The molecule has 1 saturated carbocycles. The van der Waals surface area contributed by atoms with Crippen molar-refractivity contribution in [3.8, 4) is 0 Å². The fourth-order valence-corrected chi connectivity index (χ4v) is 4.02. The topological polar surface area (TPSA) is 44.8 Å². The quantitative estimate of drug-likeness (QED) is 0.777. The second-order valence-corrected chi connectivity index (χ2v) is 9.57. The number of hydrogen-bond acceptors (Lipinski definition) is 4. The van der Waals surface area contributed by atoms with Gasteiger partial charge in [-0.3, -0.25) is 4.90 Å². The van der Waals surface area contributed by atoms with E-state index < -0.39 is 5.60 Å². The van der Waals surface area contributed by atoms with Crippen LogP contribution in [-0.2, 0) is 4.74 Å². The number of carbonyl (C=O) groups excluding carboxylic acids is 1. The molecule has 1 amide bonds. The highest BCUT2D eigenvalue weighted by molar-refractivity contribution is 5.68. The lowest BCUT2D eigenvalue weighted by Gasteiger charge is -2.39. The van der Waals surface area contributed by atoms with Crippen molar-refractivity contribution in [3.63, 3.8) is 0 Å². The average molecular weight is 368 g/mol. The minimum Gasteiger partial charge on any atom is -0.444 e. The summed E-state index contributed by atoms with van der Waals surface area (Å²) in [6.07, 6.45) is 6.75. The Hall–Kier alpha value is -0.810. The number of amides is 1. The third-order valence-corrected chi connectivity index (χ3v) is 5.49. The van der Waals surface area contributed by atoms with Crippen LogP contribution in [0.1, 0.15) is 66.7 Å². The van der Waals surface area contributed by atoms with Crippen LogP contribution >= 0.6 is 0 Å². The molecule has 5 heteroatoms. The Morgan fingerprint density at radius 3 is 2.23 bits per heavy atom. The van der Waals surface area contributed by atoms with Crippen LogP contribution in [0.25, 0.3) is 0 Å². The summed E-state index contributed by atoms with van der Waals surface area (Å²) in [5.41, 5.74) is -0.416. The molecule has 1 saturated heterocycles. The van der Waals surface area contributed by atoms with Crippen LogP contribution in [0, 0.1) is 11.8 Å². The number of nitrogens with one attached hydrogen (secondary N) is 1. The Bertz CT molecular complexity index is 419. The first-order chi connectivity index (χ1) is 12.2. The van der Waals surface area contributed by atoms with Crippen LogP contribution in [-0.4, -0.2) is 66.8 Å². The zero-order chi connectivity index (χ0) is 19.2. The van der Waals surface area contributed by atoms with Crippen molar-refractivity contribution >= 4 is 6.09 Å². The highest BCUT2D eigenvalue weighted by Crippen LogP contribution is 2.27. The summed E-state index contributed by atoms with van der Waals surface area (Å²) in [5.74, 6) is 1.50. The molecule has 2 aliphatic rings. The molecule has 1 N–H and O–H groups in total. The van der Waals surface area contributed by atoms with E-state index in [-0.39, 0.29) is 6.09 Å². The van der Waals surface area contributed by atoms with Gasteiger partial charge in [0.05, 0.1) is 0 Å². The predicted molar refractivity (Wildman–Crippen MR) is 107 cm³/mol. The highest BCUT2D eigenvalue weighted by Gasteiger charge is 2.29. The molecule has 0 aromatic carbocycles. The zero-order valence-corrected chi connectivity index (χ0v) is 17.7. The van der Waals surface area contributed by atoms with Crippen molar-refractivity contribution in [3.05, 3.63) is 0 Å². The summed E-state index contributed by atoms with van der Waals surface area (Å²) in [5, 5.41) is 3.85. The molecule has 0 bridgehead atoms. The van der Waals surface area contributed by atoms with Crippen molar-refractivity contribution < 1.29 is 9.53 Å². The Kier molecular flexibility index (Phi) is 8.21. The van der Waals surface area contributed by atoms with Gasteiger partial charge < -0.3 is 15.0 Å². The number of nitrogens with zero attached hydrogens (tertiary/aromatic N) is 2. The Morgan fingerprint density at radius 1 is 1.08 bits per heavy atom. The first-order valence-corrected chi connectivity index (χ1v) is 10.7. The second-order valence-electron chi connectivity index (χ2n) is 9.57. The molecule has 2 rings (SSSR count). The molecule has 26 heavy (non-hydrogen) atoms. The minimum absolute atomic E-state index is 0.168. The standard InChI is InChI=1S/C21H41N3O2/c1-17(2)15-22-19(18-9-7-6-8-10-18)16-23-11-13-24(14-12-23)20(25)26-21(3,4)5/h17-19,22H,6-16H2,1-5H3. The van der Waals surface area contributed by atoms with Crippen molar-refractivity contribution in [2.45, 2.75) is 78.4 Å². The highest BCUT2D eigenvalue weighted by atomic mass is 16.6. The molecule has 152 valence electrons. The van der Waals surface area contributed by atoms with Gasteiger partial charge in [0.2, 0.25) is 0 Å². The van der Waals surface area contributed by atoms with Crippen LogP contribution in [0.3, 0.4) is 0 Å². The molecular weight excluding hydrogens is 326 g/mol. The lowest BCUT2D eigenvalue weighted by atomic mass is 9.83. The summed E-state index contributed by atoms with van der Waals surface area (Å²) in [4.78, 5) is 16.6. The van der Waals surface area contributed by atoms with E-state index in [4.69, 9.17) is 4.74 Å². The van der Waals surface area contributed by atoms with Gasteiger partial charge in [-0.15, -0.1) is 0 Å². The summed E-state index contributed by atoms with van der Waals surface area (Å²) in [7, 11) is 0. The molecule has 1 atom stereocenters.